The summed E-state index contributed by atoms with van der Waals surface area (Å²) < 4.78 is 32.5. The fraction of sp³-hybridized carbons (Fsp3) is 0.750. The summed E-state index contributed by atoms with van der Waals surface area (Å²) in [5.74, 6) is -1.58. The van der Waals surface area contributed by atoms with E-state index in [1.54, 1.807) is 6.08 Å². The summed E-state index contributed by atoms with van der Waals surface area (Å²) in [7, 11) is -4.46. The number of unbranched alkanes of at least 4 members (excludes halogenated alkanes) is 20. The van der Waals surface area contributed by atoms with Crippen LogP contribution in [0, 0.1) is 0 Å². The van der Waals surface area contributed by atoms with Gasteiger partial charge in [-0.1, -0.05) is 171 Å². The molecule has 0 aromatic heterocycles. The number of nitrogens with one attached hydrogen (secondary N) is 1. The van der Waals surface area contributed by atoms with Gasteiger partial charge in [0.1, 0.15) is 6.10 Å². The highest BCUT2D eigenvalue weighted by Crippen LogP contribution is 2.13. The molecule has 302 valence electrons. The number of rotatable bonds is 37. The molecule has 0 radical (unpaired) electrons. The maximum atomic E-state index is 12.6. The fourth-order valence-corrected chi connectivity index (χ4v) is 6.72. The number of allylic oxidation sites excluding steroid dienone is 9. The zero-order chi connectivity index (χ0) is 38.4. The molecule has 0 heterocycles. The van der Waals surface area contributed by atoms with Crippen LogP contribution in [0.2, 0.25) is 0 Å². The van der Waals surface area contributed by atoms with E-state index in [1.165, 1.54) is 89.5 Å². The first-order chi connectivity index (χ1) is 25.2. The Labute approximate surface area is 320 Å². The van der Waals surface area contributed by atoms with E-state index in [-0.39, 0.29) is 6.42 Å². The Hall–Kier alpha value is -2.00. The Morgan fingerprint density at radius 1 is 0.538 bits per heavy atom. The van der Waals surface area contributed by atoms with E-state index >= 15 is 0 Å². The third kappa shape index (κ3) is 36.4. The van der Waals surface area contributed by atoms with Gasteiger partial charge in [0, 0.05) is 0 Å². The topological polar surface area (TPSA) is 124 Å². The van der Waals surface area contributed by atoms with Crippen LogP contribution in [-0.2, 0) is 14.9 Å². The Balaban J connectivity index is 4.06. The van der Waals surface area contributed by atoms with Gasteiger partial charge >= 0.3 is 0 Å². The summed E-state index contributed by atoms with van der Waals surface area (Å²) in [6.07, 6.45) is 48.5. The molecule has 3 atom stereocenters. The molecule has 1 amide bonds. The Morgan fingerprint density at radius 2 is 0.923 bits per heavy atom. The molecule has 0 aliphatic rings. The first-order valence-corrected chi connectivity index (χ1v) is 22.7. The van der Waals surface area contributed by atoms with Crippen LogP contribution in [0.5, 0.6) is 0 Å². The molecule has 0 aliphatic carbocycles. The number of aliphatic hydroxyl groups excluding tert-OH is 2. The summed E-state index contributed by atoms with van der Waals surface area (Å²) in [6.45, 7) is 4.47. The molecular formula is C44H79NO6S. The molecule has 0 aromatic rings. The summed E-state index contributed by atoms with van der Waals surface area (Å²) in [5, 5.41) is 23.3. The molecule has 0 aliphatic heterocycles. The number of carbonyl (C=O) groups excluding carboxylic acids is 1. The van der Waals surface area contributed by atoms with E-state index in [1.807, 2.05) is 0 Å². The van der Waals surface area contributed by atoms with Crippen molar-refractivity contribution in [1.82, 2.24) is 5.32 Å². The van der Waals surface area contributed by atoms with Gasteiger partial charge in [0.15, 0.2) is 0 Å². The minimum absolute atomic E-state index is 0.257. The van der Waals surface area contributed by atoms with Gasteiger partial charge in [0.05, 0.1) is 17.9 Å². The van der Waals surface area contributed by atoms with Crippen molar-refractivity contribution in [3.8, 4) is 0 Å². The van der Waals surface area contributed by atoms with Crippen molar-refractivity contribution in [1.29, 1.82) is 0 Å². The lowest BCUT2D eigenvalue weighted by Crippen LogP contribution is -2.50. The molecule has 0 saturated carbocycles. The summed E-state index contributed by atoms with van der Waals surface area (Å²) in [4.78, 5) is 12.6. The lowest BCUT2D eigenvalue weighted by Gasteiger charge is -2.22. The second kappa shape index (κ2) is 37.3. The molecule has 3 unspecified atom stereocenters. The monoisotopic (exact) mass is 750 g/mol. The molecule has 8 heteroatoms. The maximum Gasteiger partial charge on any atom is 0.267 e. The molecular weight excluding hydrogens is 671 g/mol. The highest BCUT2D eigenvalue weighted by atomic mass is 32.2. The zero-order valence-corrected chi connectivity index (χ0v) is 34.1. The molecule has 4 N–H and O–H groups in total. The van der Waals surface area contributed by atoms with E-state index in [2.05, 4.69) is 67.8 Å². The molecule has 0 saturated heterocycles. The molecule has 0 fully saturated rings. The Kier molecular flexibility index (Phi) is 35.9. The molecule has 7 nitrogen and oxygen atoms in total. The first-order valence-electron chi connectivity index (χ1n) is 21.1. The second-order valence-electron chi connectivity index (χ2n) is 14.4. The smallest absolute Gasteiger partial charge is 0.267 e. The molecule has 0 rings (SSSR count). The third-order valence-electron chi connectivity index (χ3n) is 9.25. The molecule has 0 bridgehead atoms. The number of aliphatic hydroxyl groups is 2. The highest BCUT2D eigenvalue weighted by molar-refractivity contribution is 7.85. The Bertz CT molecular complexity index is 1060. The van der Waals surface area contributed by atoms with Crippen LogP contribution < -0.4 is 5.32 Å². The predicted octanol–water partition coefficient (Wildman–Crippen LogP) is 11.4. The zero-order valence-electron chi connectivity index (χ0n) is 33.3. The normalized spacial score (nSPS) is 14.5. The Morgan fingerprint density at radius 3 is 1.42 bits per heavy atom. The molecule has 0 aromatic carbocycles. The maximum absolute atomic E-state index is 12.6. The van der Waals surface area contributed by atoms with Gasteiger partial charge in [0.25, 0.3) is 10.1 Å². The van der Waals surface area contributed by atoms with Crippen LogP contribution in [0.3, 0.4) is 0 Å². The molecule has 0 spiro atoms. The van der Waals surface area contributed by atoms with E-state index in [0.717, 1.165) is 70.6 Å². The number of amides is 1. The van der Waals surface area contributed by atoms with Crippen LogP contribution in [0.1, 0.15) is 187 Å². The van der Waals surface area contributed by atoms with Gasteiger partial charge in [-0.2, -0.15) is 8.42 Å². The third-order valence-corrected chi connectivity index (χ3v) is 10.0. The van der Waals surface area contributed by atoms with Crippen molar-refractivity contribution in [2.24, 2.45) is 0 Å². The van der Waals surface area contributed by atoms with Crippen molar-refractivity contribution in [2.45, 2.75) is 205 Å². The highest BCUT2D eigenvalue weighted by Gasteiger charge is 2.27. The van der Waals surface area contributed by atoms with E-state index in [9.17, 15) is 28.0 Å². The summed E-state index contributed by atoms with van der Waals surface area (Å²) in [6, 6.07) is -1.26. The minimum atomic E-state index is -4.46. The van der Waals surface area contributed by atoms with E-state index in [0.29, 0.717) is 12.8 Å². The fourth-order valence-electron chi connectivity index (χ4n) is 5.99. The molecule has 52 heavy (non-hydrogen) atoms. The van der Waals surface area contributed by atoms with Crippen molar-refractivity contribution in [3.63, 3.8) is 0 Å². The minimum Gasteiger partial charge on any atom is -0.387 e. The van der Waals surface area contributed by atoms with Crippen LogP contribution in [0.15, 0.2) is 60.8 Å². The van der Waals surface area contributed by atoms with Gasteiger partial charge < -0.3 is 15.5 Å². The van der Waals surface area contributed by atoms with Crippen LogP contribution in [0.4, 0.5) is 0 Å². The van der Waals surface area contributed by atoms with Gasteiger partial charge in [0.2, 0.25) is 5.91 Å². The standard InChI is InChI=1S/C44H79NO6S/c1-3-5-7-9-11-13-15-17-18-19-20-21-22-23-24-25-27-29-31-33-35-37-39-43(47)44(48)45-41(40-52(49,50)51)42(46)38-36-34-32-30-28-26-16-14-12-10-8-6-4-2/h12,14,20-21,23-24,28,30,36,38,41-43,46-47H,3-11,13,15-19,22,25-27,29,31-35,37,39-40H2,1-2H3,(H,45,48)(H,49,50,51)/b14-12+,21-20-,24-23-,30-28+,38-36+. The van der Waals surface area contributed by atoms with Crippen molar-refractivity contribution < 1.29 is 28.0 Å². The SMILES string of the molecule is CCCCC/C=C/CC/C=C/CC/C=C/C(O)C(CS(=O)(=O)O)NC(=O)C(O)CCCCCCCC/C=C\C/C=C\CCCCCCCCCCC. The average molecular weight is 750 g/mol. The summed E-state index contributed by atoms with van der Waals surface area (Å²) in [5.41, 5.74) is 0. The lowest BCUT2D eigenvalue weighted by atomic mass is 10.0. The van der Waals surface area contributed by atoms with Crippen molar-refractivity contribution >= 4 is 16.0 Å². The number of hydrogen-bond donors (Lipinski definition) is 4. The van der Waals surface area contributed by atoms with E-state index < -0.39 is 40.0 Å². The van der Waals surface area contributed by atoms with Crippen LogP contribution in [-0.4, -0.2) is 53.1 Å². The second-order valence-corrected chi connectivity index (χ2v) is 15.9. The lowest BCUT2D eigenvalue weighted by molar-refractivity contribution is -0.130. The van der Waals surface area contributed by atoms with Crippen LogP contribution >= 0.6 is 0 Å². The number of hydrogen-bond acceptors (Lipinski definition) is 5. The van der Waals surface area contributed by atoms with Gasteiger partial charge in [-0.3, -0.25) is 9.35 Å². The summed E-state index contributed by atoms with van der Waals surface area (Å²) >= 11 is 0. The quantitative estimate of drug-likeness (QED) is 0.0285. The predicted molar refractivity (Wildman–Crippen MR) is 222 cm³/mol. The van der Waals surface area contributed by atoms with Crippen molar-refractivity contribution in [3.05, 3.63) is 60.8 Å². The van der Waals surface area contributed by atoms with E-state index in [4.69, 9.17) is 0 Å². The van der Waals surface area contributed by atoms with Crippen LogP contribution in [0.25, 0.3) is 0 Å². The van der Waals surface area contributed by atoms with Crippen molar-refractivity contribution in [2.75, 3.05) is 5.75 Å². The number of carbonyl (C=O) groups is 1. The largest absolute Gasteiger partial charge is 0.387 e. The van der Waals surface area contributed by atoms with Gasteiger partial charge in [-0.15, -0.1) is 0 Å². The van der Waals surface area contributed by atoms with Gasteiger partial charge in [-0.25, -0.2) is 0 Å². The average Bonchev–Trinajstić information content (AvgIpc) is 3.11. The van der Waals surface area contributed by atoms with Gasteiger partial charge in [-0.05, 0) is 77.0 Å². The first kappa shape index (κ1) is 50.0.